The number of anilines is 2. The van der Waals surface area contributed by atoms with Crippen LogP contribution in [0.3, 0.4) is 0 Å². The number of fused-ring (bicyclic) bond motifs is 1. The van der Waals surface area contributed by atoms with Gasteiger partial charge in [0.2, 0.25) is 5.95 Å². The summed E-state index contributed by atoms with van der Waals surface area (Å²) < 4.78 is 0. The van der Waals surface area contributed by atoms with Crippen molar-refractivity contribution in [1.82, 2.24) is 9.97 Å². The molecular weight excluding hydrogens is 244 g/mol. The number of nitrogens with one attached hydrogen (secondary N) is 1. The standard InChI is InChI=1S/C13H20N4S/c1-5-9(2)8-17(4)11-10-6-7-18-12(10)16-13(14-3)15-11/h6-7,9H,5,8H2,1-4H3,(H,14,15,16). The van der Waals surface area contributed by atoms with E-state index in [2.05, 4.69) is 52.5 Å². The smallest absolute Gasteiger partial charge is 0.225 e. The Morgan fingerprint density at radius 1 is 1.44 bits per heavy atom. The van der Waals surface area contributed by atoms with Crippen molar-refractivity contribution in [2.75, 3.05) is 30.9 Å². The van der Waals surface area contributed by atoms with Crippen molar-refractivity contribution in [3.8, 4) is 0 Å². The molecule has 0 aromatic carbocycles. The molecule has 0 saturated heterocycles. The lowest BCUT2D eigenvalue weighted by Gasteiger charge is -2.22. The van der Waals surface area contributed by atoms with Crippen LogP contribution >= 0.6 is 11.3 Å². The Labute approximate surface area is 112 Å². The van der Waals surface area contributed by atoms with E-state index in [4.69, 9.17) is 0 Å². The molecular formula is C13H20N4S. The highest BCUT2D eigenvalue weighted by atomic mass is 32.1. The molecule has 1 atom stereocenters. The Morgan fingerprint density at radius 3 is 2.89 bits per heavy atom. The number of aromatic nitrogens is 2. The summed E-state index contributed by atoms with van der Waals surface area (Å²) in [7, 11) is 3.96. The largest absolute Gasteiger partial charge is 0.359 e. The molecule has 0 bridgehead atoms. The van der Waals surface area contributed by atoms with Gasteiger partial charge in [0.25, 0.3) is 0 Å². The zero-order valence-corrected chi connectivity index (χ0v) is 12.2. The van der Waals surface area contributed by atoms with E-state index in [0.29, 0.717) is 11.9 Å². The molecule has 1 unspecified atom stereocenters. The number of hydrogen-bond donors (Lipinski definition) is 1. The minimum atomic E-state index is 0.664. The maximum Gasteiger partial charge on any atom is 0.225 e. The molecule has 0 aliphatic heterocycles. The topological polar surface area (TPSA) is 41.1 Å². The molecule has 1 N–H and O–H groups in total. The van der Waals surface area contributed by atoms with Crippen LogP contribution in [-0.4, -0.2) is 30.6 Å². The Bertz CT molecular complexity index is 523. The first-order chi connectivity index (χ1) is 8.65. The van der Waals surface area contributed by atoms with Crippen molar-refractivity contribution in [3.05, 3.63) is 11.4 Å². The monoisotopic (exact) mass is 264 g/mol. The fourth-order valence-corrected chi connectivity index (χ4v) is 2.68. The van der Waals surface area contributed by atoms with Crippen LogP contribution in [0.4, 0.5) is 11.8 Å². The van der Waals surface area contributed by atoms with Gasteiger partial charge in [-0.1, -0.05) is 20.3 Å². The van der Waals surface area contributed by atoms with Gasteiger partial charge in [-0.05, 0) is 17.4 Å². The molecule has 98 valence electrons. The van der Waals surface area contributed by atoms with Crippen LogP contribution in [0.25, 0.3) is 10.2 Å². The maximum atomic E-state index is 4.59. The zero-order chi connectivity index (χ0) is 13.1. The van der Waals surface area contributed by atoms with Gasteiger partial charge in [0, 0.05) is 20.6 Å². The van der Waals surface area contributed by atoms with Crippen molar-refractivity contribution < 1.29 is 0 Å². The van der Waals surface area contributed by atoms with Gasteiger partial charge in [0.1, 0.15) is 10.6 Å². The van der Waals surface area contributed by atoms with Crippen LogP contribution in [0.15, 0.2) is 11.4 Å². The molecule has 18 heavy (non-hydrogen) atoms. The van der Waals surface area contributed by atoms with E-state index in [1.165, 1.54) is 6.42 Å². The minimum Gasteiger partial charge on any atom is -0.359 e. The molecule has 4 nitrogen and oxygen atoms in total. The second-order valence-electron chi connectivity index (χ2n) is 4.65. The lowest BCUT2D eigenvalue weighted by molar-refractivity contribution is 0.558. The van der Waals surface area contributed by atoms with Crippen molar-refractivity contribution >= 4 is 33.3 Å². The lowest BCUT2D eigenvalue weighted by atomic mass is 10.1. The third kappa shape index (κ3) is 2.56. The van der Waals surface area contributed by atoms with E-state index in [1.54, 1.807) is 11.3 Å². The van der Waals surface area contributed by atoms with Crippen LogP contribution < -0.4 is 10.2 Å². The highest BCUT2D eigenvalue weighted by Gasteiger charge is 2.13. The number of nitrogens with zero attached hydrogens (tertiary/aromatic N) is 3. The molecule has 0 amide bonds. The van der Waals surface area contributed by atoms with E-state index in [-0.39, 0.29) is 0 Å². The number of hydrogen-bond acceptors (Lipinski definition) is 5. The van der Waals surface area contributed by atoms with Gasteiger partial charge < -0.3 is 10.2 Å². The Hall–Kier alpha value is -1.36. The summed E-state index contributed by atoms with van der Waals surface area (Å²) in [6.45, 7) is 5.50. The highest BCUT2D eigenvalue weighted by Crippen LogP contribution is 2.28. The SMILES string of the molecule is CCC(C)CN(C)c1nc(NC)nc2sccc12. The van der Waals surface area contributed by atoms with E-state index in [9.17, 15) is 0 Å². The summed E-state index contributed by atoms with van der Waals surface area (Å²) in [6, 6.07) is 2.10. The Morgan fingerprint density at radius 2 is 2.22 bits per heavy atom. The molecule has 0 fully saturated rings. The molecule has 2 rings (SSSR count). The van der Waals surface area contributed by atoms with Gasteiger partial charge in [-0.3, -0.25) is 0 Å². The summed E-state index contributed by atoms with van der Waals surface area (Å²) in [5, 5.41) is 6.24. The summed E-state index contributed by atoms with van der Waals surface area (Å²) in [5.41, 5.74) is 0. The first-order valence-electron chi connectivity index (χ1n) is 6.29. The van der Waals surface area contributed by atoms with Gasteiger partial charge in [0.05, 0.1) is 5.39 Å². The number of thiophene rings is 1. The Balaban J connectivity index is 2.38. The normalized spacial score (nSPS) is 12.7. The number of rotatable bonds is 5. The van der Waals surface area contributed by atoms with Crippen LogP contribution in [0.1, 0.15) is 20.3 Å². The van der Waals surface area contributed by atoms with E-state index in [0.717, 1.165) is 22.6 Å². The van der Waals surface area contributed by atoms with E-state index < -0.39 is 0 Å². The van der Waals surface area contributed by atoms with Crippen molar-refractivity contribution in [2.45, 2.75) is 20.3 Å². The average Bonchev–Trinajstić information content (AvgIpc) is 2.85. The summed E-state index contributed by atoms with van der Waals surface area (Å²) in [6.07, 6.45) is 1.18. The fourth-order valence-electron chi connectivity index (χ4n) is 1.93. The lowest BCUT2D eigenvalue weighted by Crippen LogP contribution is -2.25. The van der Waals surface area contributed by atoms with Gasteiger partial charge >= 0.3 is 0 Å². The van der Waals surface area contributed by atoms with Crippen molar-refractivity contribution in [1.29, 1.82) is 0 Å². The molecule has 0 aliphatic carbocycles. The first-order valence-corrected chi connectivity index (χ1v) is 7.17. The van der Waals surface area contributed by atoms with E-state index in [1.807, 2.05) is 7.05 Å². The van der Waals surface area contributed by atoms with Gasteiger partial charge in [0.15, 0.2) is 0 Å². The average molecular weight is 264 g/mol. The zero-order valence-electron chi connectivity index (χ0n) is 11.4. The summed E-state index contributed by atoms with van der Waals surface area (Å²) >= 11 is 1.66. The van der Waals surface area contributed by atoms with Gasteiger partial charge in [-0.25, -0.2) is 4.98 Å². The van der Waals surface area contributed by atoms with E-state index >= 15 is 0 Å². The molecule has 0 aliphatic rings. The molecule has 5 heteroatoms. The fraction of sp³-hybridized carbons (Fsp3) is 0.538. The van der Waals surface area contributed by atoms with Gasteiger partial charge in [-0.2, -0.15) is 4.98 Å². The third-order valence-electron chi connectivity index (χ3n) is 3.17. The molecule has 0 spiro atoms. The predicted molar refractivity (Wildman–Crippen MR) is 79.7 cm³/mol. The summed E-state index contributed by atoms with van der Waals surface area (Å²) in [4.78, 5) is 12.3. The predicted octanol–water partition coefficient (Wildman–Crippen LogP) is 3.22. The summed E-state index contributed by atoms with van der Waals surface area (Å²) in [5.74, 6) is 2.37. The van der Waals surface area contributed by atoms with Crippen LogP contribution in [0.2, 0.25) is 0 Å². The third-order valence-corrected chi connectivity index (χ3v) is 3.98. The van der Waals surface area contributed by atoms with Crippen LogP contribution in [-0.2, 0) is 0 Å². The molecule has 0 radical (unpaired) electrons. The van der Waals surface area contributed by atoms with Crippen molar-refractivity contribution in [3.63, 3.8) is 0 Å². The van der Waals surface area contributed by atoms with Gasteiger partial charge in [-0.15, -0.1) is 11.3 Å². The second-order valence-corrected chi connectivity index (χ2v) is 5.55. The molecule has 0 saturated carbocycles. The molecule has 2 aromatic heterocycles. The first kappa shape index (κ1) is 13.1. The quantitative estimate of drug-likeness (QED) is 0.900. The van der Waals surface area contributed by atoms with Crippen molar-refractivity contribution in [2.24, 2.45) is 5.92 Å². The molecule has 2 heterocycles. The Kier molecular flexibility index (Phi) is 4.01. The maximum absolute atomic E-state index is 4.59. The van der Waals surface area contributed by atoms with Crippen LogP contribution in [0, 0.1) is 5.92 Å². The second kappa shape index (κ2) is 5.52. The minimum absolute atomic E-state index is 0.664. The molecule has 2 aromatic rings. The highest BCUT2D eigenvalue weighted by molar-refractivity contribution is 7.16. The van der Waals surface area contributed by atoms with Crippen LogP contribution in [0.5, 0.6) is 0 Å².